The molecule has 1 aliphatic heterocycles. The monoisotopic (exact) mass is 472 g/mol. The number of piperidine rings is 1. The zero-order valence-electron chi connectivity index (χ0n) is 20.4. The number of aliphatic hydroxyl groups excluding tert-OH is 1. The van der Waals surface area contributed by atoms with E-state index < -0.39 is 0 Å². The Morgan fingerprint density at radius 2 is 1.89 bits per heavy atom. The van der Waals surface area contributed by atoms with Gasteiger partial charge in [-0.2, -0.15) is 5.10 Å². The van der Waals surface area contributed by atoms with Crippen molar-refractivity contribution in [2.75, 3.05) is 33.4 Å². The molecular weight excluding hydrogens is 440 g/mol. The van der Waals surface area contributed by atoms with E-state index in [4.69, 9.17) is 24.9 Å². The van der Waals surface area contributed by atoms with Gasteiger partial charge in [-0.05, 0) is 69.0 Å². The van der Waals surface area contributed by atoms with Crippen molar-refractivity contribution in [3.63, 3.8) is 0 Å². The molecule has 5 rings (SSSR count). The number of methoxy groups -OCH3 is 1. The third-order valence-electron chi connectivity index (χ3n) is 6.86. The van der Waals surface area contributed by atoms with Crippen LogP contribution in [0, 0.1) is 12.8 Å². The third kappa shape index (κ3) is 5.33. The fourth-order valence-corrected chi connectivity index (χ4v) is 4.86. The van der Waals surface area contributed by atoms with Crippen LogP contribution >= 0.6 is 0 Å². The van der Waals surface area contributed by atoms with Gasteiger partial charge in [-0.15, -0.1) is 0 Å². The van der Waals surface area contributed by atoms with Crippen molar-refractivity contribution in [3.05, 3.63) is 65.9 Å². The standard InChI is InChI=1S/C27H32N6O2/c1-19-25-14-22(15-29-27(25)33(31-19)18-21-3-5-24(35-2)6-4-21)26-17-28-16-23(30-26)13-20-7-9-32(10-8-20)11-12-34/h3-6,14-17,20,34H,7-13,18H2,1-2H3. The summed E-state index contributed by atoms with van der Waals surface area (Å²) in [4.78, 5) is 16.5. The predicted octanol–water partition coefficient (Wildman–Crippen LogP) is 3.50. The quantitative estimate of drug-likeness (QED) is 0.420. The number of fused-ring (bicyclic) bond motifs is 1. The van der Waals surface area contributed by atoms with E-state index in [2.05, 4.69) is 16.0 Å². The number of aliphatic hydroxyl groups is 1. The Labute approximate surface area is 205 Å². The number of nitrogens with zero attached hydrogens (tertiary/aromatic N) is 6. The van der Waals surface area contributed by atoms with Gasteiger partial charge in [0.1, 0.15) is 5.75 Å². The van der Waals surface area contributed by atoms with E-state index in [1.165, 1.54) is 0 Å². The Balaban J connectivity index is 1.32. The largest absolute Gasteiger partial charge is 0.497 e. The van der Waals surface area contributed by atoms with Gasteiger partial charge in [0, 0.05) is 29.9 Å². The molecule has 1 fully saturated rings. The number of ether oxygens (including phenoxy) is 1. The maximum absolute atomic E-state index is 9.15. The number of hydrogen-bond donors (Lipinski definition) is 1. The van der Waals surface area contributed by atoms with Crippen molar-refractivity contribution in [2.45, 2.75) is 32.7 Å². The third-order valence-corrected chi connectivity index (χ3v) is 6.86. The first-order valence-corrected chi connectivity index (χ1v) is 12.2. The van der Waals surface area contributed by atoms with Crippen molar-refractivity contribution in [3.8, 4) is 17.0 Å². The zero-order chi connectivity index (χ0) is 24.2. The highest BCUT2D eigenvalue weighted by Gasteiger charge is 2.20. The lowest BCUT2D eigenvalue weighted by molar-refractivity contribution is 0.147. The molecular formula is C27H32N6O2. The van der Waals surface area contributed by atoms with Gasteiger partial charge in [-0.3, -0.25) is 4.98 Å². The van der Waals surface area contributed by atoms with E-state index in [0.717, 1.165) is 83.9 Å². The first kappa shape index (κ1) is 23.4. The van der Waals surface area contributed by atoms with Gasteiger partial charge < -0.3 is 14.7 Å². The van der Waals surface area contributed by atoms with Crippen LogP contribution in [0.15, 0.2) is 48.9 Å². The van der Waals surface area contributed by atoms with Gasteiger partial charge in [0.05, 0.1) is 43.5 Å². The molecule has 8 heteroatoms. The Bertz CT molecular complexity index is 1280. The predicted molar refractivity (Wildman–Crippen MR) is 135 cm³/mol. The second-order valence-corrected chi connectivity index (χ2v) is 9.29. The van der Waals surface area contributed by atoms with Crippen molar-refractivity contribution < 1.29 is 9.84 Å². The van der Waals surface area contributed by atoms with Gasteiger partial charge in [0.25, 0.3) is 0 Å². The van der Waals surface area contributed by atoms with Gasteiger partial charge >= 0.3 is 0 Å². The minimum atomic E-state index is 0.233. The molecule has 0 bridgehead atoms. The molecule has 0 spiro atoms. The summed E-state index contributed by atoms with van der Waals surface area (Å²) in [5, 5.41) is 14.9. The molecule has 0 saturated carbocycles. The minimum Gasteiger partial charge on any atom is -0.497 e. The van der Waals surface area contributed by atoms with Crippen molar-refractivity contribution >= 4 is 11.0 Å². The van der Waals surface area contributed by atoms with Crippen molar-refractivity contribution in [2.24, 2.45) is 5.92 Å². The highest BCUT2D eigenvalue weighted by molar-refractivity contribution is 5.82. The smallest absolute Gasteiger partial charge is 0.158 e. The average molecular weight is 473 g/mol. The molecule has 1 saturated heterocycles. The Morgan fingerprint density at radius 3 is 2.63 bits per heavy atom. The van der Waals surface area contributed by atoms with Crippen LogP contribution in [0.25, 0.3) is 22.3 Å². The fraction of sp³-hybridized carbons (Fsp3) is 0.407. The van der Waals surface area contributed by atoms with Crippen LogP contribution < -0.4 is 4.74 Å². The van der Waals surface area contributed by atoms with E-state index in [-0.39, 0.29) is 6.61 Å². The second kappa shape index (κ2) is 10.5. The summed E-state index contributed by atoms with van der Waals surface area (Å²) in [5.74, 6) is 1.45. The van der Waals surface area contributed by atoms with Gasteiger partial charge in [-0.25, -0.2) is 14.6 Å². The SMILES string of the molecule is COc1ccc(Cn2nc(C)c3cc(-c4cncc(CC5CCN(CCO)CC5)n4)cnc32)cc1. The highest BCUT2D eigenvalue weighted by Crippen LogP contribution is 2.26. The molecule has 3 aromatic heterocycles. The van der Waals surface area contributed by atoms with E-state index >= 15 is 0 Å². The van der Waals surface area contributed by atoms with Gasteiger partial charge in [-0.1, -0.05) is 12.1 Å². The number of β-amino-alcohol motifs (C(OH)–C–C–N with tert-alkyl or cyclic N) is 1. The van der Waals surface area contributed by atoms with Crippen LogP contribution in [-0.2, 0) is 13.0 Å². The molecule has 4 aromatic rings. The fourth-order valence-electron chi connectivity index (χ4n) is 4.86. The molecule has 0 amide bonds. The molecule has 0 radical (unpaired) electrons. The first-order valence-electron chi connectivity index (χ1n) is 12.2. The number of pyridine rings is 1. The summed E-state index contributed by atoms with van der Waals surface area (Å²) in [6.45, 7) is 5.75. The molecule has 0 atom stereocenters. The van der Waals surface area contributed by atoms with Crippen molar-refractivity contribution in [1.29, 1.82) is 0 Å². The van der Waals surface area contributed by atoms with Gasteiger partial charge in [0.15, 0.2) is 5.65 Å². The van der Waals surface area contributed by atoms with E-state index in [1.54, 1.807) is 7.11 Å². The number of aromatic nitrogens is 5. The van der Waals surface area contributed by atoms with Crippen LogP contribution in [0.1, 0.15) is 29.8 Å². The van der Waals surface area contributed by atoms with Crippen LogP contribution in [0.4, 0.5) is 0 Å². The van der Waals surface area contributed by atoms with E-state index in [9.17, 15) is 0 Å². The lowest BCUT2D eigenvalue weighted by atomic mass is 9.92. The molecule has 35 heavy (non-hydrogen) atoms. The van der Waals surface area contributed by atoms with Crippen LogP contribution in [-0.4, -0.2) is 68.1 Å². The van der Waals surface area contributed by atoms with Crippen LogP contribution in [0.3, 0.4) is 0 Å². The molecule has 1 N–H and O–H groups in total. The van der Waals surface area contributed by atoms with E-state index in [1.807, 2.05) is 54.5 Å². The molecule has 0 aliphatic carbocycles. The summed E-state index contributed by atoms with van der Waals surface area (Å²) in [6, 6.07) is 10.1. The summed E-state index contributed by atoms with van der Waals surface area (Å²) in [5.41, 5.74) is 5.77. The Kier molecular flexibility index (Phi) is 7.01. The minimum absolute atomic E-state index is 0.233. The molecule has 4 heterocycles. The topological polar surface area (TPSA) is 89.2 Å². The van der Waals surface area contributed by atoms with E-state index in [0.29, 0.717) is 12.5 Å². The Morgan fingerprint density at radius 1 is 1.09 bits per heavy atom. The highest BCUT2D eigenvalue weighted by atomic mass is 16.5. The molecule has 182 valence electrons. The average Bonchev–Trinajstić information content (AvgIpc) is 3.20. The van der Waals surface area contributed by atoms with Crippen molar-refractivity contribution in [1.82, 2.24) is 29.6 Å². The molecule has 8 nitrogen and oxygen atoms in total. The molecule has 1 aromatic carbocycles. The summed E-state index contributed by atoms with van der Waals surface area (Å²) in [6.07, 6.45) is 8.76. The summed E-state index contributed by atoms with van der Waals surface area (Å²) < 4.78 is 7.20. The lowest BCUT2D eigenvalue weighted by Crippen LogP contribution is -2.36. The zero-order valence-corrected chi connectivity index (χ0v) is 20.4. The summed E-state index contributed by atoms with van der Waals surface area (Å²) in [7, 11) is 1.67. The maximum atomic E-state index is 9.15. The van der Waals surface area contributed by atoms with Crippen LogP contribution in [0.2, 0.25) is 0 Å². The number of aryl methyl sites for hydroxylation is 1. The Hall–Kier alpha value is -3.36. The number of hydrogen-bond acceptors (Lipinski definition) is 7. The molecule has 0 unspecified atom stereocenters. The summed E-state index contributed by atoms with van der Waals surface area (Å²) >= 11 is 0. The normalized spacial score (nSPS) is 15.1. The second-order valence-electron chi connectivity index (χ2n) is 9.29. The number of benzene rings is 1. The number of likely N-dealkylation sites (tertiary alicyclic amines) is 1. The van der Waals surface area contributed by atoms with Crippen LogP contribution in [0.5, 0.6) is 5.75 Å². The number of rotatable bonds is 8. The maximum Gasteiger partial charge on any atom is 0.158 e. The van der Waals surface area contributed by atoms with Gasteiger partial charge in [0.2, 0.25) is 0 Å². The first-order chi connectivity index (χ1) is 17.1. The lowest BCUT2D eigenvalue weighted by Gasteiger charge is -2.31. The molecule has 1 aliphatic rings.